The molecule has 102 valence electrons. The van der Waals surface area contributed by atoms with Crippen LogP contribution in [0.1, 0.15) is 39.5 Å². The maximum absolute atomic E-state index is 5.23. The molecular formula is C10H22N8. The monoisotopic (exact) mass is 254 g/mol. The summed E-state index contributed by atoms with van der Waals surface area (Å²) < 4.78 is 0. The molecule has 0 atom stereocenters. The van der Waals surface area contributed by atoms with Crippen LogP contribution in [-0.4, -0.2) is 23.3 Å². The second-order valence-corrected chi connectivity index (χ2v) is 3.74. The zero-order valence-electron chi connectivity index (χ0n) is 10.9. The van der Waals surface area contributed by atoms with Crippen molar-refractivity contribution in [2.75, 3.05) is 0 Å². The largest absolute Gasteiger partial charge is 0.369 e. The summed E-state index contributed by atoms with van der Waals surface area (Å²) >= 11 is 0. The van der Waals surface area contributed by atoms with Gasteiger partial charge in [0.05, 0.1) is 11.4 Å². The topological polar surface area (TPSA) is 154 Å². The van der Waals surface area contributed by atoms with Crippen molar-refractivity contribution in [1.29, 1.82) is 0 Å². The molecule has 0 fully saturated rings. The summed E-state index contributed by atoms with van der Waals surface area (Å²) in [6, 6.07) is 0. The molecule has 0 amide bonds. The highest BCUT2D eigenvalue weighted by Crippen LogP contribution is 2.03. The SMILES string of the molecule is CCCCCC(=N/N=C(N)N)/C(C)=N/N=C(N)N. The van der Waals surface area contributed by atoms with Gasteiger partial charge in [-0.3, -0.25) is 0 Å². The van der Waals surface area contributed by atoms with E-state index < -0.39 is 0 Å². The smallest absolute Gasteiger partial charge is 0.211 e. The Bertz CT molecular complexity index is 358. The Morgan fingerprint density at radius 2 is 1.39 bits per heavy atom. The average Bonchev–Trinajstić information content (AvgIpc) is 2.30. The molecule has 0 heterocycles. The van der Waals surface area contributed by atoms with Gasteiger partial charge in [-0.1, -0.05) is 19.8 Å². The van der Waals surface area contributed by atoms with Gasteiger partial charge in [0.25, 0.3) is 0 Å². The van der Waals surface area contributed by atoms with Gasteiger partial charge in [-0.2, -0.15) is 10.2 Å². The standard InChI is InChI=1S/C10H22N8/c1-3-4-5-6-8(16-18-10(13)14)7(2)15-17-9(11)12/h3-6H2,1-2H3,(H4,11,12,17)(H4,13,14,18)/b15-7+,16-8-. The second-order valence-electron chi connectivity index (χ2n) is 3.74. The quantitative estimate of drug-likeness (QED) is 0.216. The maximum Gasteiger partial charge on any atom is 0.211 e. The molecule has 0 aliphatic carbocycles. The van der Waals surface area contributed by atoms with Crippen molar-refractivity contribution in [1.82, 2.24) is 0 Å². The van der Waals surface area contributed by atoms with E-state index in [0.29, 0.717) is 11.4 Å². The number of unbranched alkanes of at least 4 members (excludes halogenated alkanes) is 2. The third-order valence-corrected chi connectivity index (χ3v) is 2.04. The molecule has 0 rings (SSSR count). The fourth-order valence-corrected chi connectivity index (χ4v) is 1.15. The molecule has 0 bridgehead atoms. The minimum absolute atomic E-state index is 0.0994. The van der Waals surface area contributed by atoms with Crippen LogP contribution in [0.5, 0.6) is 0 Å². The van der Waals surface area contributed by atoms with E-state index in [1.807, 2.05) is 0 Å². The zero-order valence-corrected chi connectivity index (χ0v) is 10.9. The van der Waals surface area contributed by atoms with E-state index in [-0.39, 0.29) is 11.9 Å². The molecule has 0 aromatic carbocycles. The third kappa shape index (κ3) is 8.08. The third-order valence-electron chi connectivity index (χ3n) is 2.04. The Morgan fingerprint density at radius 1 is 0.833 bits per heavy atom. The molecule has 0 unspecified atom stereocenters. The molecule has 0 saturated heterocycles. The molecule has 0 radical (unpaired) electrons. The van der Waals surface area contributed by atoms with Gasteiger partial charge in [-0.15, -0.1) is 10.2 Å². The Labute approximate surface area is 107 Å². The van der Waals surface area contributed by atoms with Crippen LogP contribution >= 0.6 is 0 Å². The number of nitrogens with two attached hydrogens (primary N) is 4. The van der Waals surface area contributed by atoms with Gasteiger partial charge in [0.2, 0.25) is 11.9 Å². The molecule has 0 aromatic rings. The van der Waals surface area contributed by atoms with E-state index in [0.717, 1.165) is 25.7 Å². The molecule has 8 heteroatoms. The van der Waals surface area contributed by atoms with Crippen molar-refractivity contribution < 1.29 is 0 Å². The number of hydrogen-bond acceptors (Lipinski definition) is 4. The van der Waals surface area contributed by atoms with Gasteiger partial charge >= 0.3 is 0 Å². The lowest BCUT2D eigenvalue weighted by molar-refractivity contribution is 0.742. The van der Waals surface area contributed by atoms with E-state index in [4.69, 9.17) is 22.9 Å². The summed E-state index contributed by atoms with van der Waals surface area (Å²) in [7, 11) is 0. The van der Waals surface area contributed by atoms with Crippen LogP contribution in [-0.2, 0) is 0 Å². The van der Waals surface area contributed by atoms with Gasteiger partial charge in [0, 0.05) is 0 Å². The van der Waals surface area contributed by atoms with E-state index in [1.54, 1.807) is 6.92 Å². The zero-order chi connectivity index (χ0) is 14.0. The van der Waals surface area contributed by atoms with Crippen molar-refractivity contribution >= 4 is 23.3 Å². The van der Waals surface area contributed by atoms with Crippen LogP contribution in [0.3, 0.4) is 0 Å². The summed E-state index contributed by atoms with van der Waals surface area (Å²) in [6.45, 7) is 3.87. The summed E-state index contributed by atoms with van der Waals surface area (Å²) in [6.07, 6.45) is 3.90. The minimum atomic E-state index is -0.107. The van der Waals surface area contributed by atoms with Crippen molar-refractivity contribution in [2.45, 2.75) is 39.5 Å². The Balaban J connectivity index is 4.85. The lowest BCUT2D eigenvalue weighted by atomic mass is 10.1. The van der Waals surface area contributed by atoms with Gasteiger partial charge in [0.1, 0.15) is 0 Å². The van der Waals surface area contributed by atoms with Crippen LogP contribution in [0.25, 0.3) is 0 Å². The van der Waals surface area contributed by atoms with E-state index in [2.05, 4.69) is 27.3 Å². The normalized spacial score (nSPS) is 12.1. The molecule has 0 aliphatic rings. The van der Waals surface area contributed by atoms with Crippen molar-refractivity contribution in [2.24, 2.45) is 43.3 Å². The summed E-state index contributed by atoms with van der Waals surface area (Å²) in [5.74, 6) is -0.207. The van der Waals surface area contributed by atoms with Crippen LogP contribution in [0.2, 0.25) is 0 Å². The Hall–Kier alpha value is -2.12. The molecule has 8 N–H and O–H groups in total. The van der Waals surface area contributed by atoms with Gasteiger partial charge in [-0.25, -0.2) is 0 Å². The first-order chi connectivity index (χ1) is 8.47. The number of rotatable bonds is 7. The molecule has 8 nitrogen and oxygen atoms in total. The fourth-order valence-electron chi connectivity index (χ4n) is 1.15. The first-order valence-corrected chi connectivity index (χ1v) is 5.76. The Morgan fingerprint density at radius 3 is 1.89 bits per heavy atom. The highest BCUT2D eigenvalue weighted by molar-refractivity contribution is 6.41. The van der Waals surface area contributed by atoms with Crippen LogP contribution in [0.4, 0.5) is 0 Å². The summed E-state index contributed by atoms with van der Waals surface area (Å²) in [5, 5.41) is 15.0. The van der Waals surface area contributed by atoms with Gasteiger partial charge in [0.15, 0.2) is 0 Å². The maximum atomic E-state index is 5.23. The van der Waals surface area contributed by atoms with E-state index in [9.17, 15) is 0 Å². The average molecular weight is 254 g/mol. The van der Waals surface area contributed by atoms with Crippen LogP contribution < -0.4 is 22.9 Å². The lowest BCUT2D eigenvalue weighted by Gasteiger charge is -2.02. The summed E-state index contributed by atoms with van der Waals surface area (Å²) in [4.78, 5) is 0. The first-order valence-electron chi connectivity index (χ1n) is 5.76. The molecule has 18 heavy (non-hydrogen) atoms. The molecule has 0 aliphatic heterocycles. The molecule has 0 spiro atoms. The van der Waals surface area contributed by atoms with Crippen molar-refractivity contribution in [3.63, 3.8) is 0 Å². The van der Waals surface area contributed by atoms with Crippen LogP contribution in [0, 0.1) is 0 Å². The van der Waals surface area contributed by atoms with Crippen molar-refractivity contribution in [3.05, 3.63) is 0 Å². The number of nitrogens with zero attached hydrogens (tertiary/aromatic N) is 4. The van der Waals surface area contributed by atoms with E-state index >= 15 is 0 Å². The number of hydrogen-bond donors (Lipinski definition) is 4. The van der Waals surface area contributed by atoms with Gasteiger partial charge < -0.3 is 22.9 Å². The molecule has 0 saturated carbocycles. The number of guanidine groups is 2. The highest BCUT2D eigenvalue weighted by atomic mass is 15.3. The van der Waals surface area contributed by atoms with Gasteiger partial charge in [-0.05, 0) is 19.8 Å². The van der Waals surface area contributed by atoms with Crippen molar-refractivity contribution in [3.8, 4) is 0 Å². The predicted molar refractivity (Wildman–Crippen MR) is 76.3 cm³/mol. The molecule has 0 aromatic heterocycles. The Kier molecular flexibility index (Phi) is 7.91. The van der Waals surface area contributed by atoms with Crippen LogP contribution in [0.15, 0.2) is 20.4 Å². The van der Waals surface area contributed by atoms with E-state index in [1.165, 1.54) is 0 Å². The minimum Gasteiger partial charge on any atom is -0.369 e. The lowest BCUT2D eigenvalue weighted by Crippen LogP contribution is -2.23. The fraction of sp³-hybridized carbons (Fsp3) is 0.600. The highest BCUT2D eigenvalue weighted by Gasteiger charge is 2.04. The first kappa shape index (κ1) is 15.9. The second kappa shape index (κ2) is 8.97. The molecular weight excluding hydrogens is 232 g/mol. The summed E-state index contributed by atoms with van der Waals surface area (Å²) in [5.41, 5.74) is 22.1. The predicted octanol–water partition coefficient (Wildman–Crippen LogP) is -0.155.